The summed E-state index contributed by atoms with van der Waals surface area (Å²) in [5.41, 5.74) is 6.67. The number of nitrogens with two attached hydrogens (primary N) is 1. The van der Waals surface area contributed by atoms with Gasteiger partial charge in [-0.2, -0.15) is 0 Å². The number of benzene rings is 1. The van der Waals surface area contributed by atoms with Crippen LogP contribution in [0.3, 0.4) is 0 Å². The van der Waals surface area contributed by atoms with Gasteiger partial charge in [0.1, 0.15) is 6.67 Å². The highest BCUT2D eigenvalue weighted by molar-refractivity contribution is 7.97. The molecule has 1 unspecified atom stereocenters. The van der Waals surface area contributed by atoms with E-state index >= 15 is 0 Å². The average molecular weight is 288 g/mol. The lowest BCUT2D eigenvalue weighted by Crippen LogP contribution is -2.24. The zero-order chi connectivity index (χ0) is 14.7. The Morgan fingerprint density at radius 2 is 1.74 bits per heavy atom. The standard InChI is InChI=1S/C13H21FN2S.CH4O/c1-3-16(4-2)17-13-7-5-11(6-8-13)9-12(15)10-14;1-2/h5-8,12H,3-4,9-10,15H2,1-2H3;2H,1H3. The Hall–Kier alpha value is -0.620. The van der Waals surface area contributed by atoms with Crippen molar-refractivity contribution in [2.24, 2.45) is 5.73 Å². The van der Waals surface area contributed by atoms with Crippen molar-refractivity contribution in [3.63, 3.8) is 0 Å². The predicted octanol–water partition coefficient (Wildman–Crippen LogP) is 2.48. The molecule has 0 saturated carbocycles. The zero-order valence-electron chi connectivity index (χ0n) is 12.0. The van der Waals surface area contributed by atoms with E-state index in [4.69, 9.17) is 10.8 Å². The summed E-state index contributed by atoms with van der Waals surface area (Å²) >= 11 is 1.75. The van der Waals surface area contributed by atoms with Crippen molar-refractivity contribution in [2.75, 3.05) is 26.9 Å². The van der Waals surface area contributed by atoms with Crippen LogP contribution < -0.4 is 5.73 Å². The van der Waals surface area contributed by atoms with Crippen LogP contribution in [0.15, 0.2) is 29.2 Å². The Bertz CT molecular complexity index is 318. The average Bonchev–Trinajstić information content (AvgIpc) is 2.48. The van der Waals surface area contributed by atoms with Gasteiger partial charge in [0.25, 0.3) is 0 Å². The molecule has 1 aromatic rings. The van der Waals surface area contributed by atoms with E-state index in [1.54, 1.807) is 11.9 Å². The second kappa shape index (κ2) is 11.2. The Morgan fingerprint density at radius 3 is 2.16 bits per heavy atom. The van der Waals surface area contributed by atoms with Crippen LogP contribution in [0.25, 0.3) is 0 Å². The number of rotatable bonds is 7. The molecule has 0 aliphatic rings. The molecule has 1 aromatic carbocycles. The third kappa shape index (κ3) is 7.52. The molecule has 0 aliphatic heterocycles. The molecule has 19 heavy (non-hydrogen) atoms. The fraction of sp³-hybridized carbons (Fsp3) is 0.571. The van der Waals surface area contributed by atoms with Crippen molar-refractivity contribution in [2.45, 2.75) is 31.2 Å². The minimum atomic E-state index is -0.462. The zero-order valence-corrected chi connectivity index (χ0v) is 12.8. The first kappa shape index (κ1) is 18.4. The molecule has 3 nitrogen and oxygen atoms in total. The van der Waals surface area contributed by atoms with Gasteiger partial charge in [-0.3, -0.25) is 0 Å². The van der Waals surface area contributed by atoms with E-state index in [-0.39, 0.29) is 6.04 Å². The molecule has 0 saturated heterocycles. The molecule has 0 bridgehead atoms. The summed E-state index contributed by atoms with van der Waals surface area (Å²) in [7, 11) is 1.00. The van der Waals surface area contributed by atoms with Gasteiger partial charge < -0.3 is 10.8 Å². The summed E-state index contributed by atoms with van der Waals surface area (Å²) in [5, 5.41) is 7.00. The van der Waals surface area contributed by atoms with Crippen molar-refractivity contribution in [1.29, 1.82) is 0 Å². The maximum atomic E-state index is 12.3. The molecule has 0 radical (unpaired) electrons. The van der Waals surface area contributed by atoms with E-state index in [1.165, 1.54) is 4.90 Å². The molecule has 3 N–H and O–H groups in total. The lowest BCUT2D eigenvalue weighted by atomic mass is 10.1. The van der Waals surface area contributed by atoms with Crippen LogP contribution in [0.4, 0.5) is 4.39 Å². The van der Waals surface area contributed by atoms with Crippen LogP contribution in [-0.2, 0) is 6.42 Å². The smallest absolute Gasteiger partial charge is 0.105 e. The Balaban J connectivity index is 0.00000154. The number of aliphatic hydroxyl groups is 1. The molecular formula is C14H25FN2OS. The van der Waals surface area contributed by atoms with Crippen molar-refractivity contribution in [1.82, 2.24) is 4.31 Å². The lowest BCUT2D eigenvalue weighted by Gasteiger charge is -2.16. The second-order valence-electron chi connectivity index (χ2n) is 3.97. The van der Waals surface area contributed by atoms with Crippen LogP contribution in [0.5, 0.6) is 0 Å². The summed E-state index contributed by atoms with van der Waals surface area (Å²) < 4.78 is 14.6. The minimum Gasteiger partial charge on any atom is -0.400 e. The van der Waals surface area contributed by atoms with E-state index in [0.717, 1.165) is 25.8 Å². The SMILES string of the molecule is CCN(CC)Sc1ccc(CC(N)CF)cc1.CO. The van der Waals surface area contributed by atoms with Gasteiger partial charge in [-0.1, -0.05) is 26.0 Å². The number of aliphatic hydroxyl groups excluding tert-OH is 1. The molecule has 110 valence electrons. The van der Waals surface area contributed by atoms with Crippen LogP contribution in [-0.4, -0.2) is 42.3 Å². The van der Waals surface area contributed by atoms with Crippen LogP contribution in [0.2, 0.25) is 0 Å². The first-order valence-electron chi connectivity index (χ1n) is 6.47. The maximum absolute atomic E-state index is 12.3. The van der Waals surface area contributed by atoms with Crippen molar-refractivity contribution >= 4 is 11.9 Å². The largest absolute Gasteiger partial charge is 0.400 e. The van der Waals surface area contributed by atoms with Crippen molar-refractivity contribution in [3.8, 4) is 0 Å². The van der Waals surface area contributed by atoms with Crippen LogP contribution in [0, 0.1) is 0 Å². The second-order valence-corrected chi connectivity index (χ2v) is 5.14. The fourth-order valence-corrected chi connectivity index (χ4v) is 2.36. The third-order valence-electron chi connectivity index (χ3n) is 2.56. The summed E-state index contributed by atoms with van der Waals surface area (Å²) in [4.78, 5) is 1.21. The van der Waals surface area contributed by atoms with Gasteiger partial charge >= 0.3 is 0 Å². The summed E-state index contributed by atoms with van der Waals surface area (Å²) in [6, 6.07) is 7.83. The van der Waals surface area contributed by atoms with Crippen molar-refractivity contribution in [3.05, 3.63) is 29.8 Å². The molecule has 0 amide bonds. The highest BCUT2D eigenvalue weighted by atomic mass is 32.2. The minimum absolute atomic E-state index is 0.378. The Morgan fingerprint density at radius 1 is 1.21 bits per heavy atom. The van der Waals surface area contributed by atoms with E-state index in [9.17, 15) is 4.39 Å². The first-order valence-corrected chi connectivity index (χ1v) is 7.25. The van der Waals surface area contributed by atoms with Gasteiger partial charge in [-0.25, -0.2) is 8.70 Å². The summed E-state index contributed by atoms with van der Waals surface area (Å²) in [6.45, 7) is 5.87. The van der Waals surface area contributed by atoms with Crippen LogP contribution in [0.1, 0.15) is 19.4 Å². The molecule has 0 aromatic heterocycles. The highest BCUT2D eigenvalue weighted by Crippen LogP contribution is 2.22. The Kier molecular flexibility index (Phi) is 10.9. The van der Waals surface area contributed by atoms with Gasteiger partial charge in [0.15, 0.2) is 0 Å². The molecule has 1 rings (SSSR count). The molecule has 1 atom stereocenters. The Labute approximate surface area is 120 Å². The fourth-order valence-electron chi connectivity index (χ4n) is 1.55. The van der Waals surface area contributed by atoms with Gasteiger partial charge in [0, 0.05) is 31.1 Å². The first-order chi connectivity index (χ1) is 9.19. The number of hydrogen-bond acceptors (Lipinski definition) is 4. The molecule has 0 heterocycles. The summed E-state index contributed by atoms with van der Waals surface area (Å²) in [5.74, 6) is 0. The summed E-state index contributed by atoms with van der Waals surface area (Å²) in [6.07, 6.45) is 0.604. The highest BCUT2D eigenvalue weighted by Gasteiger charge is 2.05. The maximum Gasteiger partial charge on any atom is 0.105 e. The quantitative estimate of drug-likeness (QED) is 0.757. The molecule has 0 fully saturated rings. The van der Waals surface area contributed by atoms with E-state index in [1.807, 2.05) is 12.1 Å². The monoisotopic (exact) mass is 288 g/mol. The number of nitrogens with zero attached hydrogens (tertiary/aromatic N) is 1. The molecular weight excluding hydrogens is 263 g/mol. The predicted molar refractivity (Wildman–Crippen MR) is 81.0 cm³/mol. The van der Waals surface area contributed by atoms with Gasteiger partial charge in [-0.05, 0) is 36.1 Å². The molecule has 0 spiro atoms. The van der Waals surface area contributed by atoms with Crippen molar-refractivity contribution < 1.29 is 9.50 Å². The van der Waals surface area contributed by atoms with Gasteiger partial charge in [-0.15, -0.1) is 0 Å². The topological polar surface area (TPSA) is 49.5 Å². The lowest BCUT2D eigenvalue weighted by molar-refractivity contribution is 0.399. The molecule has 0 aliphatic carbocycles. The van der Waals surface area contributed by atoms with Gasteiger partial charge in [0.05, 0.1) is 0 Å². The number of alkyl halides is 1. The number of hydrogen-bond donors (Lipinski definition) is 2. The number of halogens is 1. The third-order valence-corrected chi connectivity index (χ3v) is 3.82. The van der Waals surface area contributed by atoms with E-state index in [2.05, 4.69) is 30.3 Å². The normalized spacial score (nSPS) is 11.9. The van der Waals surface area contributed by atoms with Gasteiger partial charge in [0.2, 0.25) is 0 Å². The molecule has 5 heteroatoms. The van der Waals surface area contributed by atoms with Crippen LogP contribution >= 0.6 is 11.9 Å². The van der Waals surface area contributed by atoms with E-state index < -0.39 is 6.67 Å². The van der Waals surface area contributed by atoms with E-state index in [0.29, 0.717) is 6.42 Å².